The lowest BCUT2D eigenvalue weighted by Gasteiger charge is -2.26. The van der Waals surface area contributed by atoms with Gasteiger partial charge in [0.15, 0.2) is 0 Å². The van der Waals surface area contributed by atoms with Crippen molar-refractivity contribution in [2.24, 2.45) is 5.92 Å². The van der Waals surface area contributed by atoms with E-state index in [0.29, 0.717) is 36.7 Å². The van der Waals surface area contributed by atoms with Gasteiger partial charge in [-0.1, -0.05) is 50.3 Å². The fourth-order valence-electron chi connectivity index (χ4n) is 4.24. The Kier molecular flexibility index (Phi) is 9.33. The van der Waals surface area contributed by atoms with Crippen LogP contribution in [0.2, 0.25) is 0 Å². The minimum absolute atomic E-state index is 0.169. The molecular weight excluding hydrogens is 450 g/mol. The summed E-state index contributed by atoms with van der Waals surface area (Å²) in [4.78, 5) is 38.4. The molecule has 7 nitrogen and oxygen atoms in total. The van der Waals surface area contributed by atoms with Crippen LogP contribution in [0, 0.1) is 5.92 Å². The molecule has 1 saturated carbocycles. The van der Waals surface area contributed by atoms with Crippen molar-refractivity contribution in [1.82, 2.24) is 16.0 Å². The topological polar surface area (TPSA) is 96.5 Å². The Morgan fingerprint density at radius 2 is 1.76 bits per heavy atom. The standard InChI is InChI=1S/C26H37N3O4S/c1-26(2,3)33-25(32)28-15-9-14-27-23(30)20(16-18-10-5-4-6-11-18)29-24(31)22-17-19-12-7-8-13-21(19)34-22/h7-8,12-13,17-18,20H,4-6,9-11,14-16H2,1-3H3,(H,27,30)(H,28,32)(H,29,31)/t20-/m0/s1. The summed E-state index contributed by atoms with van der Waals surface area (Å²) in [6.07, 6.45) is 6.56. The van der Waals surface area contributed by atoms with E-state index in [1.54, 1.807) is 0 Å². The van der Waals surface area contributed by atoms with E-state index < -0.39 is 17.7 Å². The van der Waals surface area contributed by atoms with Crippen LogP contribution < -0.4 is 16.0 Å². The van der Waals surface area contributed by atoms with E-state index in [-0.39, 0.29) is 11.8 Å². The highest BCUT2D eigenvalue weighted by molar-refractivity contribution is 7.20. The van der Waals surface area contributed by atoms with Gasteiger partial charge in [0.1, 0.15) is 11.6 Å². The molecule has 3 amide bonds. The highest BCUT2D eigenvalue weighted by Crippen LogP contribution is 2.28. The molecule has 1 heterocycles. The largest absolute Gasteiger partial charge is 0.444 e. The first-order valence-corrected chi connectivity index (χ1v) is 13.1. The lowest BCUT2D eigenvalue weighted by atomic mass is 9.84. The number of nitrogens with one attached hydrogen (secondary N) is 3. The number of ether oxygens (including phenoxy) is 1. The number of carbonyl (C=O) groups excluding carboxylic acids is 3. The number of rotatable bonds is 9. The third kappa shape index (κ3) is 8.31. The molecule has 0 bridgehead atoms. The zero-order chi connectivity index (χ0) is 24.6. The molecule has 1 aromatic carbocycles. The molecule has 1 fully saturated rings. The minimum Gasteiger partial charge on any atom is -0.444 e. The molecule has 0 radical (unpaired) electrons. The van der Waals surface area contributed by atoms with Crippen molar-refractivity contribution in [3.05, 3.63) is 35.2 Å². The van der Waals surface area contributed by atoms with Gasteiger partial charge in [0, 0.05) is 17.8 Å². The normalized spacial score (nSPS) is 15.5. The Bertz CT molecular complexity index is 943. The van der Waals surface area contributed by atoms with Gasteiger partial charge in [-0.05, 0) is 57.0 Å². The molecule has 3 rings (SSSR count). The Labute approximate surface area is 206 Å². The maximum absolute atomic E-state index is 13.0. The van der Waals surface area contributed by atoms with Crippen LogP contribution in [0.25, 0.3) is 10.1 Å². The summed E-state index contributed by atoms with van der Waals surface area (Å²) < 4.78 is 6.27. The SMILES string of the molecule is CC(C)(C)OC(=O)NCCCNC(=O)[C@H](CC1CCCCC1)NC(=O)c1cc2ccccc2s1. The second-order valence-electron chi connectivity index (χ2n) is 9.99. The molecular formula is C26H37N3O4S. The lowest BCUT2D eigenvalue weighted by molar-refractivity contribution is -0.123. The quantitative estimate of drug-likeness (QED) is 0.434. The van der Waals surface area contributed by atoms with Gasteiger partial charge >= 0.3 is 6.09 Å². The zero-order valence-electron chi connectivity index (χ0n) is 20.4. The highest BCUT2D eigenvalue weighted by atomic mass is 32.1. The van der Waals surface area contributed by atoms with Gasteiger partial charge < -0.3 is 20.7 Å². The molecule has 0 unspecified atom stereocenters. The molecule has 0 spiro atoms. The monoisotopic (exact) mass is 487 g/mol. The summed E-state index contributed by atoms with van der Waals surface area (Å²) in [5.74, 6) is 0.0714. The molecule has 8 heteroatoms. The Morgan fingerprint density at radius 1 is 1.06 bits per heavy atom. The average Bonchev–Trinajstić information content (AvgIpc) is 3.22. The fraction of sp³-hybridized carbons (Fsp3) is 0.577. The summed E-state index contributed by atoms with van der Waals surface area (Å²) in [7, 11) is 0. The van der Waals surface area contributed by atoms with E-state index in [1.807, 2.05) is 51.1 Å². The van der Waals surface area contributed by atoms with E-state index in [2.05, 4.69) is 16.0 Å². The van der Waals surface area contributed by atoms with Crippen LogP contribution in [0.15, 0.2) is 30.3 Å². The number of fused-ring (bicyclic) bond motifs is 1. The molecule has 3 N–H and O–H groups in total. The molecule has 1 aliphatic rings. The number of benzene rings is 1. The van der Waals surface area contributed by atoms with Crippen LogP contribution >= 0.6 is 11.3 Å². The van der Waals surface area contributed by atoms with Crippen molar-refractivity contribution in [2.45, 2.75) is 77.4 Å². The lowest BCUT2D eigenvalue weighted by Crippen LogP contribution is -2.48. The van der Waals surface area contributed by atoms with Crippen molar-refractivity contribution in [3.63, 3.8) is 0 Å². The summed E-state index contributed by atoms with van der Waals surface area (Å²) in [6.45, 7) is 6.25. The summed E-state index contributed by atoms with van der Waals surface area (Å²) >= 11 is 1.44. The Hall–Kier alpha value is -2.61. The molecule has 34 heavy (non-hydrogen) atoms. The van der Waals surface area contributed by atoms with Crippen LogP contribution in [-0.4, -0.2) is 42.6 Å². The molecule has 0 saturated heterocycles. The number of hydrogen-bond acceptors (Lipinski definition) is 5. The van der Waals surface area contributed by atoms with Crippen molar-refractivity contribution in [2.75, 3.05) is 13.1 Å². The number of thiophene rings is 1. The molecule has 2 aromatic rings. The van der Waals surface area contributed by atoms with Gasteiger partial charge in [-0.2, -0.15) is 0 Å². The van der Waals surface area contributed by atoms with E-state index in [1.165, 1.54) is 30.6 Å². The van der Waals surface area contributed by atoms with Crippen LogP contribution in [0.4, 0.5) is 4.79 Å². The highest BCUT2D eigenvalue weighted by Gasteiger charge is 2.26. The van der Waals surface area contributed by atoms with E-state index in [0.717, 1.165) is 22.9 Å². The van der Waals surface area contributed by atoms with Crippen molar-refractivity contribution in [1.29, 1.82) is 0 Å². The van der Waals surface area contributed by atoms with Gasteiger partial charge in [-0.3, -0.25) is 9.59 Å². The number of amides is 3. The molecule has 1 atom stereocenters. The van der Waals surface area contributed by atoms with Gasteiger partial charge in [0.2, 0.25) is 5.91 Å². The first kappa shape index (κ1) is 26.0. The maximum atomic E-state index is 13.0. The van der Waals surface area contributed by atoms with Crippen molar-refractivity contribution >= 4 is 39.3 Å². The van der Waals surface area contributed by atoms with Crippen LogP contribution in [0.3, 0.4) is 0 Å². The maximum Gasteiger partial charge on any atom is 0.407 e. The van der Waals surface area contributed by atoms with Crippen LogP contribution in [-0.2, 0) is 9.53 Å². The van der Waals surface area contributed by atoms with E-state index in [4.69, 9.17) is 4.74 Å². The number of hydrogen-bond donors (Lipinski definition) is 3. The van der Waals surface area contributed by atoms with Gasteiger partial charge in [-0.15, -0.1) is 11.3 Å². The molecule has 1 aromatic heterocycles. The van der Waals surface area contributed by atoms with Crippen LogP contribution in [0.1, 0.15) is 75.4 Å². The van der Waals surface area contributed by atoms with Crippen LogP contribution in [0.5, 0.6) is 0 Å². The molecule has 0 aliphatic heterocycles. The smallest absolute Gasteiger partial charge is 0.407 e. The zero-order valence-corrected chi connectivity index (χ0v) is 21.3. The summed E-state index contributed by atoms with van der Waals surface area (Å²) in [5, 5.41) is 9.66. The predicted molar refractivity (Wildman–Crippen MR) is 136 cm³/mol. The molecule has 1 aliphatic carbocycles. The van der Waals surface area contributed by atoms with Crippen molar-refractivity contribution < 1.29 is 19.1 Å². The van der Waals surface area contributed by atoms with Crippen molar-refractivity contribution in [3.8, 4) is 0 Å². The summed E-state index contributed by atoms with van der Waals surface area (Å²) in [5.41, 5.74) is -0.544. The third-order valence-electron chi connectivity index (χ3n) is 5.89. The fourth-order valence-corrected chi connectivity index (χ4v) is 5.20. The Balaban J connectivity index is 1.53. The van der Waals surface area contributed by atoms with Gasteiger partial charge in [0.05, 0.1) is 4.88 Å². The minimum atomic E-state index is -0.570. The summed E-state index contributed by atoms with van der Waals surface area (Å²) in [6, 6.07) is 9.20. The average molecular weight is 488 g/mol. The van der Waals surface area contributed by atoms with Gasteiger partial charge in [-0.25, -0.2) is 4.79 Å². The van der Waals surface area contributed by atoms with E-state index in [9.17, 15) is 14.4 Å². The first-order chi connectivity index (χ1) is 16.2. The second kappa shape index (κ2) is 12.2. The second-order valence-corrected chi connectivity index (χ2v) is 11.1. The molecule has 186 valence electrons. The first-order valence-electron chi connectivity index (χ1n) is 12.3. The Morgan fingerprint density at radius 3 is 2.47 bits per heavy atom. The third-order valence-corrected chi connectivity index (χ3v) is 7.00. The van der Waals surface area contributed by atoms with E-state index >= 15 is 0 Å². The number of alkyl carbamates (subject to hydrolysis) is 1. The number of carbonyl (C=O) groups is 3. The van der Waals surface area contributed by atoms with Gasteiger partial charge in [0.25, 0.3) is 5.91 Å². The predicted octanol–water partition coefficient (Wildman–Crippen LogP) is 5.00.